The molecule has 162 valence electrons. The lowest BCUT2D eigenvalue weighted by atomic mass is 9.76. The van der Waals surface area contributed by atoms with Crippen LogP contribution in [-0.4, -0.2) is 18.0 Å². The van der Waals surface area contributed by atoms with Crippen LogP contribution in [0.4, 0.5) is 9.18 Å². The minimum Gasteiger partial charge on any atom is -0.490 e. The third kappa shape index (κ3) is 3.64. The summed E-state index contributed by atoms with van der Waals surface area (Å²) in [6, 6.07) is 11.2. The zero-order chi connectivity index (χ0) is 21.6. The number of hydrogen-bond acceptors (Lipinski definition) is 2. The van der Waals surface area contributed by atoms with Gasteiger partial charge in [0.2, 0.25) is 0 Å². The number of amides is 2. The molecular formula is C26H29FN2O2. The van der Waals surface area contributed by atoms with Gasteiger partial charge in [-0.05, 0) is 93.2 Å². The summed E-state index contributed by atoms with van der Waals surface area (Å²) < 4.78 is 21.5. The third-order valence-corrected chi connectivity index (χ3v) is 7.18. The first kappa shape index (κ1) is 20.2. The van der Waals surface area contributed by atoms with Crippen molar-refractivity contribution in [2.45, 2.75) is 76.2 Å². The number of benzene rings is 2. The molecule has 2 fully saturated rings. The number of hydrogen-bond donors (Lipinski definition) is 1. The van der Waals surface area contributed by atoms with Crippen LogP contribution in [0.2, 0.25) is 0 Å². The molecule has 1 N–H and O–H groups in total. The van der Waals surface area contributed by atoms with Gasteiger partial charge in [0.05, 0.1) is 6.10 Å². The van der Waals surface area contributed by atoms with Crippen LogP contribution in [-0.2, 0) is 5.41 Å². The molecule has 2 amide bonds. The number of halogens is 1. The smallest absolute Gasteiger partial charge is 0.348 e. The molecule has 2 aliphatic carbocycles. The Morgan fingerprint density at radius 2 is 1.77 bits per heavy atom. The van der Waals surface area contributed by atoms with Gasteiger partial charge in [0, 0.05) is 11.0 Å². The summed E-state index contributed by atoms with van der Waals surface area (Å²) in [4.78, 5) is 15.4. The van der Waals surface area contributed by atoms with E-state index in [1.54, 1.807) is 12.1 Å². The van der Waals surface area contributed by atoms with E-state index < -0.39 is 5.41 Å². The van der Waals surface area contributed by atoms with Crippen LogP contribution in [0.3, 0.4) is 0 Å². The summed E-state index contributed by atoms with van der Waals surface area (Å²) in [5.41, 5.74) is 3.23. The summed E-state index contributed by atoms with van der Waals surface area (Å²) in [5, 5.41) is 2.79. The Labute approximate surface area is 182 Å². The van der Waals surface area contributed by atoms with Gasteiger partial charge in [-0.25, -0.2) is 9.18 Å². The Morgan fingerprint density at radius 1 is 1.03 bits per heavy atom. The van der Waals surface area contributed by atoms with Gasteiger partial charge in [-0.2, -0.15) is 4.99 Å². The van der Waals surface area contributed by atoms with Crippen LogP contribution >= 0.6 is 0 Å². The van der Waals surface area contributed by atoms with E-state index in [0.717, 1.165) is 60.1 Å². The molecule has 0 atom stereocenters. The van der Waals surface area contributed by atoms with Gasteiger partial charge >= 0.3 is 6.03 Å². The fraction of sp³-hybridized carbons (Fsp3) is 0.462. The molecular weight excluding hydrogens is 391 g/mol. The van der Waals surface area contributed by atoms with Crippen molar-refractivity contribution in [3.63, 3.8) is 0 Å². The van der Waals surface area contributed by atoms with Crippen LogP contribution in [0.25, 0.3) is 11.1 Å². The lowest BCUT2D eigenvalue weighted by molar-refractivity contribution is 0.211. The van der Waals surface area contributed by atoms with E-state index in [-0.39, 0.29) is 23.9 Å². The molecule has 2 aromatic carbocycles. The zero-order valence-electron chi connectivity index (χ0n) is 18.2. The summed E-state index contributed by atoms with van der Waals surface area (Å²) in [6.45, 7) is 4.08. The largest absolute Gasteiger partial charge is 0.490 e. The molecule has 0 unspecified atom stereocenters. The van der Waals surface area contributed by atoms with Gasteiger partial charge in [0.25, 0.3) is 0 Å². The molecule has 2 aromatic rings. The molecule has 0 aromatic heterocycles. The topological polar surface area (TPSA) is 50.7 Å². The van der Waals surface area contributed by atoms with Gasteiger partial charge in [0.1, 0.15) is 17.4 Å². The Hall–Kier alpha value is -2.69. The van der Waals surface area contributed by atoms with Crippen molar-refractivity contribution in [3.8, 4) is 16.9 Å². The van der Waals surface area contributed by atoms with E-state index in [1.165, 1.54) is 12.8 Å². The highest BCUT2D eigenvalue weighted by molar-refractivity contribution is 6.15. The quantitative estimate of drug-likeness (QED) is 0.581. The second kappa shape index (κ2) is 7.77. The average molecular weight is 421 g/mol. The molecule has 5 rings (SSSR count). The number of amidine groups is 1. The van der Waals surface area contributed by atoms with E-state index >= 15 is 4.39 Å². The normalized spacial score (nSPS) is 19.5. The van der Waals surface area contributed by atoms with E-state index in [1.807, 2.05) is 32.0 Å². The summed E-state index contributed by atoms with van der Waals surface area (Å²) in [6.07, 6.45) is 7.93. The zero-order valence-corrected chi connectivity index (χ0v) is 18.2. The number of urea groups is 1. The minimum absolute atomic E-state index is 0.130. The number of aliphatic imine (C=N–C) groups is 1. The second-order valence-electron chi connectivity index (χ2n) is 9.58. The number of ether oxygens (including phenoxy) is 1. The van der Waals surface area contributed by atoms with Crippen LogP contribution in [0.5, 0.6) is 5.75 Å². The monoisotopic (exact) mass is 420 g/mol. The maximum absolute atomic E-state index is 15.0. The van der Waals surface area contributed by atoms with Gasteiger partial charge in [-0.1, -0.05) is 24.6 Å². The van der Waals surface area contributed by atoms with Crippen molar-refractivity contribution in [1.82, 2.24) is 5.32 Å². The first-order valence-corrected chi connectivity index (χ1v) is 11.4. The summed E-state index contributed by atoms with van der Waals surface area (Å²) >= 11 is 0. The molecule has 0 saturated heterocycles. The highest BCUT2D eigenvalue weighted by atomic mass is 19.1. The maximum Gasteiger partial charge on any atom is 0.348 e. The lowest BCUT2D eigenvalue weighted by Gasteiger charge is -2.32. The highest BCUT2D eigenvalue weighted by Gasteiger charge is 2.35. The summed E-state index contributed by atoms with van der Waals surface area (Å²) in [5.74, 6) is 1.61. The Bertz CT molecular complexity index is 1050. The molecule has 31 heavy (non-hydrogen) atoms. The minimum atomic E-state index is -0.460. The molecule has 5 heteroatoms. The van der Waals surface area contributed by atoms with E-state index in [4.69, 9.17) is 4.74 Å². The molecule has 3 aliphatic rings. The van der Waals surface area contributed by atoms with Gasteiger partial charge in [-0.3, -0.25) is 5.32 Å². The van der Waals surface area contributed by atoms with Crippen molar-refractivity contribution >= 4 is 11.9 Å². The average Bonchev–Trinajstić information content (AvgIpc) is 3.19. The molecule has 0 spiro atoms. The van der Waals surface area contributed by atoms with Crippen LogP contribution < -0.4 is 10.1 Å². The van der Waals surface area contributed by atoms with Crippen LogP contribution in [0.15, 0.2) is 41.4 Å². The molecule has 4 nitrogen and oxygen atoms in total. The number of rotatable bonds is 6. The molecule has 0 bridgehead atoms. The van der Waals surface area contributed by atoms with Crippen molar-refractivity contribution in [2.24, 2.45) is 4.99 Å². The second-order valence-corrected chi connectivity index (χ2v) is 9.58. The predicted molar refractivity (Wildman–Crippen MR) is 120 cm³/mol. The van der Waals surface area contributed by atoms with E-state index in [9.17, 15) is 4.79 Å². The maximum atomic E-state index is 15.0. The van der Waals surface area contributed by atoms with Gasteiger partial charge in [0.15, 0.2) is 0 Å². The number of carbonyl (C=O) groups excluding carboxylic acids is 1. The third-order valence-electron chi connectivity index (χ3n) is 7.18. The van der Waals surface area contributed by atoms with Crippen LogP contribution in [0.1, 0.15) is 75.8 Å². The fourth-order valence-corrected chi connectivity index (χ4v) is 4.94. The highest BCUT2D eigenvalue weighted by Crippen LogP contribution is 2.46. The van der Waals surface area contributed by atoms with Gasteiger partial charge in [-0.15, -0.1) is 0 Å². The number of nitrogens with one attached hydrogen (secondary N) is 1. The fourth-order valence-electron chi connectivity index (χ4n) is 4.94. The SMILES string of the molecule is CC(C)(C1=NC(=O)N1)c1ccc(OC2CCCC2)c(-c2cccc(F)c2C2CCC2)c1. The lowest BCUT2D eigenvalue weighted by Crippen LogP contribution is -2.50. The predicted octanol–water partition coefficient (Wildman–Crippen LogP) is 6.48. The molecule has 0 radical (unpaired) electrons. The first-order chi connectivity index (χ1) is 14.9. The van der Waals surface area contributed by atoms with E-state index in [0.29, 0.717) is 5.84 Å². The van der Waals surface area contributed by atoms with Crippen molar-refractivity contribution in [3.05, 3.63) is 53.3 Å². The number of carbonyl (C=O) groups is 1. The number of nitrogens with zero attached hydrogens (tertiary/aromatic N) is 1. The summed E-state index contributed by atoms with van der Waals surface area (Å²) in [7, 11) is 0. The molecule has 1 heterocycles. The molecule has 1 aliphatic heterocycles. The standard InChI is InChI=1S/C26H29FN2O2/c1-26(2,24-28-25(30)29-24)17-13-14-22(31-18-9-3-4-10-18)20(15-17)19-11-6-12-21(27)23(19)16-7-5-8-16/h6,11-16,18H,3-5,7-10H2,1-2H3,(H,28,29,30). The van der Waals surface area contributed by atoms with Crippen molar-refractivity contribution < 1.29 is 13.9 Å². The Morgan fingerprint density at radius 3 is 2.42 bits per heavy atom. The van der Waals surface area contributed by atoms with Crippen molar-refractivity contribution in [2.75, 3.05) is 0 Å². The van der Waals surface area contributed by atoms with E-state index in [2.05, 4.69) is 16.4 Å². The first-order valence-electron chi connectivity index (χ1n) is 11.4. The Balaban J connectivity index is 1.62. The van der Waals surface area contributed by atoms with Crippen molar-refractivity contribution in [1.29, 1.82) is 0 Å². The Kier molecular flexibility index (Phi) is 5.07. The van der Waals surface area contributed by atoms with Crippen LogP contribution in [0, 0.1) is 5.82 Å². The van der Waals surface area contributed by atoms with Gasteiger partial charge < -0.3 is 4.74 Å². The molecule has 2 saturated carbocycles.